The Labute approximate surface area is 116 Å². The number of nitrogens with zero attached hydrogens (tertiary/aromatic N) is 1. The SMILES string of the molecule is CCC(CC)C(O)Cn1c(=O)[nH]c2ccccc2c1=O. The van der Waals surface area contributed by atoms with Gasteiger partial charge >= 0.3 is 5.69 Å². The summed E-state index contributed by atoms with van der Waals surface area (Å²) in [6.45, 7) is 4.01. The van der Waals surface area contributed by atoms with Gasteiger partial charge in [0.2, 0.25) is 0 Å². The van der Waals surface area contributed by atoms with Gasteiger partial charge in [-0.1, -0.05) is 38.8 Å². The maximum atomic E-state index is 12.3. The third kappa shape index (κ3) is 2.67. The average Bonchev–Trinajstić information content (AvgIpc) is 2.45. The number of fused-ring (bicyclic) bond motifs is 1. The molecule has 0 spiro atoms. The van der Waals surface area contributed by atoms with E-state index in [1.807, 2.05) is 13.8 Å². The zero-order valence-corrected chi connectivity index (χ0v) is 11.8. The fourth-order valence-corrected chi connectivity index (χ4v) is 2.53. The van der Waals surface area contributed by atoms with Gasteiger partial charge in [0, 0.05) is 0 Å². The van der Waals surface area contributed by atoms with Gasteiger partial charge < -0.3 is 10.1 Å². The number of aromatic nitrogens is 2. The van der Waals surface area contributed by atoms with Gasteiger partial charge in [-0.05, 0) is 18.1 Å². The van der Waals surface area contributed by atoms with E-state index in [0.29, 0.717) is 10.9 Å². The topological polar surface area (TPSA) is 75.1 Å². The van der Waals surface area contributed by atoms with Crippen LogP contribution in [0.1, 0.15) is 26.7 Å². The van der Waals surface area contributed by atoms with Gasteiger partial charge in [0.25, 0.3) is 5.56 Å². The molecule has 5 heteroatoms. The van der Waals surface area contributed by atoms with Crippen LogP contribution >= 0.6 is 0 Å². The molecule has 2 aromatic rings. The predicted molar refractivity (Wildman–Crippen MR) is 78.9 cm³/mol. The van der Waals surface area contributed by atoms with Crippen molar-refractivity contribution in [1.29, 1.82) is 0 Å². The second-order valence-corrected chi connectivity index (χ2v) is 5.04. The molecule has 0 saturated carbocycles. The van der Waals surface area contributed by atoms with Crippen molar-refractivity contribution in [3.63, 3.8) is 0 Å². The fourth-order valence-electron chi connectivity index (χ4n) is 2.53. The van der Waals surface area contributed by atoms with Gasteiger partial charge in [-0.25, -0.2) is 4.79 Å². The number of aliphatic hydroxyl groups excluding tert-OH is 1. The van der Waals surface area contributed by atoms with E-state index in [4.69, 9.17) is 0 Å². The van der Waals surface area contributed by atoms with Crippen LogP contribution in [0.3, 0.4) is 0 Å². The molecule has 1 aromatic heterocycles. The Morgan fingerprint density at radius 3 is 2.50 bits per heavy atom. The highest BCUT2D eigenvalue weighted by Gasteiger charge is 2.18. The molecule has 0 saturated heterocycles. The lowest BCUT2D eigenvalue weighted by atomic mass is 9.96. The van der Waals surface area contributed by atoms with Crippen LogP contribution in [0.2, 0.25) is 0 Å². The van der Waals surface area contributed by atoms with Crippen molar-refractivity contribution in [3.8, 4) is 0 Å². The summed E-state index contributed by atoms with van der Waals surface area (Å²) >= 11 is 0. The molecule has 0 radical (unpaired) electrons. The van der Waals surface area contributed by atoms with Crippen molar-refractivity contribution in [2.45, 2.75) is 39.3 Å². The molecule has 0 fully saturated rings. The molecular formula is C15H20N2O3. The number of aromatic amines is 1. The van der Waals surface area contributed by atoms with Crippen LogP contribution in [0.4, 0.5) is 0 Å². The molecule has 0 aliphatic carbocycles. The van der Waals surface area contributed by atoms with Crippen molar-refractivity contribution < 1.29 is 5.11 Å². The summed E-state index contributed by atoms with van der Waals surface area (Å²) < 4.78 is 1.09. The Hall–Kier alpha value is -1.88. The van der Waals surface area contributed by atoms with Gasteiger partial charge in [-0.2, -0.15) is 0 Å². The summed E-state index contributed by atoms with van der Waals surface area (Å²) in [5.74, 6) is 0.0905. The lowest BCUT2D eigenvalue weighted by molar-refractivity contribution is 0.0836. The molecular weight excluding hydrogens is 256 g/mol. The Balaban J connectivity index is 2.45. The summed E-state index contributed by atoms with van der Waals surface area (Å²) in [6, 6.07) is 6.89. The first-order valence-corrected chi connectivity index (χ1v) is 6.98. The minimum atomic E-state index is -0.690. The monoisotopic (exact) mass is 276 g/mol. The van der Waals surface area contributed by atoms with Crippen molar-refractivity contribution >= 4 is 10.9 Å². The van der Waals surface area contributed by atoms with Crippen LogP contribution in [0.5, 0.6) is 0 Å². The van der Waals surface area contributed by atoms with Crippen molar-refractivity contribution in [3.05, 3.63) is 45.1 Å². The number of hydrogen-bond acceptors (Lipinski definition) is 3. The van der Waals surface area contributed by atoms with Crippen LogP contribution < -0.4 is 11.2 Å². The van der Waals surface area contributed by atoms with Crippen molar-refractivity contribution in [1.82, 2.24) is 9.55 Å². The van der Waals surface area contributed by atoms with Crippen LogP contribution in [0, 0.1) is 5.92 Å². The van der Waals surface area contributed by atoms with E-state index in [9.17, 15) is 14.7 Å². The molecule has 0 amide bonds. The van der Waals surface area contributed by atoms with Gasteiger partial charge in [0.05, 0.1) is 23.6 Å². The van der Waals surface area contributed by atoms with Gasteiger partial charge in [-0.15, -0.1) is 0 Å². The number of nitrogens with one attached hydrogen (secondary N) is 1. The van der Waals surface area contributed by atoms with E-state index in [0.717, 1.165) is 17.4 Å². The quantitative estimate of drug-likeness (QED) is 0.868. The molecule has 108 valence electrons. The average molecular weight is 276 g/mol. The first kappa shape index (κ1) is 14.5. The number of rotatable bonds is 5. The van der Waals surface area contributed by atoms with Crippen LogP contribution in [-0.4, -0.2) is 20.8 Å². The highest BCUT2D eigenvalue weighted by atomic mass is 16.3. The van der Waals surface area contributed by atoms with E-state index >= 15 is 0 Å². The van der Waals surface area contributed by atoms with E-state index < -0.39 is 11.8 Å². The van der Waals surface area contributed by atoms with Gasteiger partial charge in [-0.3, -0.25) is 9.36 Å². The van der Waals surface area contributed by atoms with Crippen LogP contribution in [0.25, 0.3) is 10.9 Å². The largest absolute Gasteiger partial charge is 0.391 e. The van der Waals surface area contributed by atoms with E-state index in [2.05, 4.69) is 4.98 Å². The molecule has 1 atom stereocenters. The predicted octanol–water partition coefficient (Wildman–Crippen LogP) is 1.49. The Morgan fingerprint density at radius 2 is 1.85 bits per heavy atom. The molecule has 20 heavy (non-hydrogen) atoms. The second-order valence-electron chi connectivity index (χ2n) is 5.04. The number of para-hydroxylation sites is 1. The lowest BCUT2D eigenvalue weighted by Gasteiger charge is -2.20. The molecule has 0 bridgehead atoms. The maximum absolute atomic E-state index is 12.3. The standard InChI is InChI=1S/C15H20N2O3/c1-3-10(4-2)13(18)9-17-14(19)11-7-5-6-8-12(11)16-15(17)20/h5-8,10,13,18H,3-4,9H2,1-2H3,(H,16,20). The highest BCUT2D eigenvalue weighted by molar-refractivity contribution is 5.76. The van der Waals surface area contributed by atoms with Gasteiger partial charge in [0.15, 0.2) is 0 Å². The summed E-state index contributed by atoms with van der Waals surface area (Å²) in [4.78, 5) is 27.0. The number of H-pyrrole nitrogens is 1. The minimum Gasteiger partial charge on any atom is -0.391 e. The Morgan fingerprint density at radius 1 is 1.20 bits per heavy atom. The molecule has 2 rings (SSSR count). The highest BCUT2D eigenvalue weighted by Crippen LogP contribution is 2.14. The van der Waals surface area contributed by atoms with Gasteiger partial charge in [0.1, 0.15) is 0 Å². The summed E-state index contributed by atoms with van der Waals surface area (Å²) in [6.07, 6.45) is 0.945. The molecule has 1 unspecified atom stereocenters. The second kappa shape index (κ2) is 6.05. The van der Waals surface area contributed by atoms with E-state index in [1.54, 1.807) is 24.3 Å². The zero-order valence-electron chi connectivity index (χ0n) is 11.8. The normalized spacial score (nSPS) is 13.0. The fraction of sp³-hybridized carbons (Fsp3) is 0.467. The van der Waals surface area contributed by atoms with Crippen LogP contribution in [-0.2, 0) is 6.54 Å². The third-order valence-electron chi connectivity index (χ3n) is 3.85. The number of aliphatic hydroxyl groups is 1. The smallest absolute Gasteiger partial charge is 0.328 e. The molecule has 1 heterocycles. The van der Waals surface area contributed by atoms with Crippen LogP contribution in [0.15, 0.2) is 33.9 Å². The molecule has 0 aliphatic heterocycles. The van der Waals surface area contributed by atoms with Crippen molar-refractivity contribution in [2.24, 2.45) is 5.92 Å². The number of hydrogen-bond donors (Lipinski definition) is 2. The summed E-state index contributed by atoms with van der Waals surface area (Å²) in [7, 11) is 0. The summed E-state index contributed by atoms with van der Waals surface area (Å²) in [5.41, 5.74) is -0.302. The molecule has 1 aromatic carbocycles. The third-order valence-corrected chi connectivity index (χ3v) is 3.85. The lowest BCUT2D eigenvalue weighted by Crippen LogP contribution is -2.40. The first-order chi connectivity index (χ1) is 9.58. The first-order valence-electron chi connectivity index (χ1n) is 6.98. The van der Waals surface area contributed by atoms with E-state index in [1.165, 1.54) is 0 Å². The van der Waals surface area contributed by atoms with E-state index in [-0.39, 0.29) is 18.0 Å². The maximum Gasteiger partial charge on any atom is 0.328 e. The van der Waals surface area contributed by atoms with Crippen molar-refractivity contribution in [2.75, 3.05) is 0 Å². The number of benzene rings is 1. The Kier molecular flexibility index (Phi) is 4.39. The molecule has 2 N–H and O–H groups in total. The molecule has 0 aliphatic rings. The molecule has 5 nitrogen and oxygen atoms in total. The zero-order chi connectivity index (χ0) is 14.7. The minimum absolute atomic E-state index is 0.0331. The summed E-state index contributed by atoms with van der Waals surface area (Å²) in [5, 5.41) is 10.6. The Bertz CT molecular complexity index is 698.